The van der Waals surface area contributed by atoms with Crippen LogP contribution in [-0.4, -0.2) is 20.1 Å². The Balaban J connectivity index is 1.89. The normalized spacial score (nSPS) is 15.1. The van der Waals surface area contributed by atoms with Crippen LogP contribution in [0.1, 0.15) is 55.1 Å². The van der Waals surface area contributed by atoms with E-state index in [-0.39, 0.29) is 16.4 Å². The summed E-state index contributed by atoms with van der Waals surface area (Å²) < 4.78 is 47.0. The zero-order chi connectivity index (χ0) is 23.0. The molecule has 0 unspecified atom stereocenters. The van der Waals surface area contributed by atoms with Gasteiger partial charge in [0.1, 0.15) is 17.2 Å². The van der Waals surface area contributed by atoms with Gasteiger partial charge in [0.05, 0.1) is 16.1 Å². The first kappa shape index (κ1) is 22.2. The summed E-state index contributed by atoms with van der Waals surface area (Å²) in [6.07, 6.45) is 3.95. The Morgan fingerprint density at radius 1 is 1.03 bits per heavy atom. The summed E-state index contributed by atoms with van der Waals surface area (Å²) in [6.45, 7) is 3.07. The van der Waals surface area contributed by atoms with Gasteiger partial charge in [0.2, 0.25) is 5.91 Å². The maximum atomic E-state index is 13.6. The van der Waals surface area contributed by atoms with E-state index in [0.717, 1.165) is 47.8 Å². The Labute approximate surface area is 186 Å². The van der Waals surface area contributed by atoms with Crippen LogP contribution in [0.5, 0.6) is 0 Å². The van der Waals surface area contributed by atoms with Crippen LogP contribution in [0, 0.1) is 18.7 Å². The van der Waals surface area contributed by atoms with Crippen LogP contribution in [0.4, 0.5) is 10.1 Å². The molecule has 1 saturated carbocycles. The number of benzene rings is 2. The minimum Gasteiger partial charge on any atom is -0.461 e. The van der Waals surface area contributed by atoms with Crippen LogP contribution in [0.25, 0.3) is 11.0 Å². The van der Waals surface area contributed by atoms with Crippen molar-refractivity contribution in [3.63, 3.8) is 0 Å². The molecule has 4 rings (SSSR count). The first-order valence-corrected chi connectivity index (χ1v) is 12.0. The lowest BCUT2D eigenvalue weighted by atomic mass is 9.88. The fourth-order valence-electron chi connectivity index (χ4n) is 4.38. The highest BCUT2D eigenvalue weighted by atomic mass is 32.2. The van der Waals surface area contributed by atoms with Crippen molar-refractivity contribution in [2.75, 3.05) is 4.31 Å². The van der Waals surface area contributed by atoms with Gasteiger partial charge in [0.25, 0.3) is 10.0 Å². The molecule has 3 aromatic rings. The summed E-state index contributed by atoms with van der Waals surface area (Å²) in [6, 6.07) is 8.95. The Morgan fingerprint density at radius 3 is 2.31 bits per heavy atom. The smallest absolute Gasteiger partial charge is 0.270 e. The zero-order valence-corrected chi connectivity index (χ0v) is 18.7. The molecular weight excluding hydrogens is 433 g/mol. The third-order valence-corrected chi connectivity index (χ3v) is 7.68. The number of nitrogens with zero attached hydrogens (tertiary/aromatic N) is 1. The molecular formula is C24H24FNO5S. The topological polar surface area (TPSA) is 84.7 Å². The Hall–Kier alpha value is -3.00. The molecule has 168 valence electrons. The predicted octanol–water partition coefficient (Wildman–Crippen LogP) is 5.39. The molecule has 32 heavy (non-hydrogen) atoms. The molecule has 0 N–H and O–H groups in total. The number of furan rings is 1. The SMILES string of the molecule is CC(=O)c1c(C)oc2ccc(N(C(=O)C3CCCCC3)S(=O)(=O)c3ccc(F)cc3)cc12. The molecule has 1 aliphatic carbocycles. The summed E-state index contributed by atoms with van der Waals surface area (Å²) in [5.74, 6) is -1.30. The molecule has 2 aromatic carbocycles. The molecule has 1 amide bonds. The van der Waals surface area contributed by atoms with Crippen molar-refractivity contribution in [1.29, 1.82) is 0 Å². The van der Waals surface area contributed by atoms with Crippen molar-refractivity contribution in [1.82, 2.24) is 0 Å². The third kappa shape index (κ3) is 3.95. The van der Waals surface area contributed by atoms with Gasteiger partial charge in [-0.15, -0.1) is 0 Å². The van der Waals surface area contributed by atoms with E-state index in [1.165, 1.54) is 19.1 Å². The summed E-state index contributed by atoms with van der Waals surface area (Å²) in [5.41, 5.74) is 0.910. The molecule has 1 aliphatic rings. The standard InChI is InChI=1S/C24H24FNO5S/c1-15(27)23-16(2)31-22-13-10-19(14-21(22)23)26(24(28)17-6-4-3-5-7-17)32(29,30)20-11-8-18(25)9-12-20/h8-14,17H,3-7H2,1-2H3. The lowest BCUT2D eigenvalue weighted by Crippen LogP contribution is -2.41. The van der Waals surface area contributed by atoms with E-state index in [2.05, 4.69) is 0 Å². The number of carbonyl (C=O) groups is 2. The Kier molecular flexibility index (Phi) is 5.90. The molecule has 0 saturated heterocycles. The van der Waals surface area contributed by atoms with Crippen LogP contribution in [0.15, 0.2) is 51.8 Å². The molecule has 0 radical (unpaired) electrons. The highest BCUT2D eigenvalue weighted by Gasteiger charge is 2.36. The number of anilines is 1. The van der Waals surface area contributed by atoms with E-state index in [4.69, 9.17) is 4.42 Å². The third-order valence-electron chi connectivity index (χ3n) is 5.94. The van der Waals surface area contributed by atoms with Crippen molar-refractivity contribution < 1.29 is 26.8 Å². The zero-order valence-electron chi connectivity index (χ0n) is 17.9. The lowest BCUT2D eigenvalue weighted by molar-refractivity contribution is -0.122. The highest BCUT2D eigenvalue weighted by Crippen LogP contribution is 2.35. The first-order chi connectivity index (χ1) is 15.2. The van der Waals surface area contributed by atoms with Gasteiger partial charge in [-0.1, -0.05) is 19.3 Å². The number of fused-ring (bicyclic) bond motifs is 1. The van der Waals surface area contributed by atoms with Gasteiger partial charge in [0, 0.05) is 11.3 Å². The molecule has 8 heteroatoms. The van der Waals surface area contributed by atoms with Crippen LogP contribution >= 0.6 is 0 Å². The number of amides is 1. The van der Waals surface area contributed by atoms with Crippen molar-refractivity contribution in [2.24, 2.45) is 5.92 Å². The average molecular weight is 458 g/mol. The van der Waals surface area contributed by atoms with Gasteiger partial charge in [-0.25, -0.2) is 17.1 Å². The number of halogens is 1. The molecule has 1 fully saturated rings. The van der Waals surface area contributed by atoms with Crippen LogP contribution in [0.2, 0.25) is 0 Å². The molecule has 1 aromatic heterocycles. The fourth-order valence-corrected chi connectivity index (χ4v) is 5.85. The monoisotopic (exact) mass is 457 g/mol. The Morgan fingerprint density at radius 2 is 1.69 bits per heavy atom. The van der Waals surface area contributed by atoms with Gasteiger partial charge >= 0.3 is 0 Å². The number of hydrogen-bond donors (Lipinski definition) is 0. The quantitative estimate of drug-likeness (QED) is 0.480. The minimum absolute atomic E-state index is 0.126. The van der Waals surface area contributed by atoms with Crippen LogP contribution in [0.3, 0.4) is 0 Å². The largest absolute Gasteiger partial charge is 0.461 e. The number of hydrogen-bond acceptors (Lipinski definition) is 5. The molecule has 6 nitrogen and oxygen atoms in total. The van der Waals surface area contributed by atoms with E-state index in [0.29, 0.717) is 35.1 Å². The molecule has 0 spiro atoms. The second-order valence-corrected chi connectivity index (χ2v) is 9.95. The number of carbonyl (C=O) groups excluding carboxylic acids is 2. The molecule has 0 bridgehead atoms. The predicted molar refractivity (Wildman–Crippen MR) is 119 cm³/mol. The lowest BCUT2D eigenvalue weighted by Gasteiger charge is -2.29. The number of aryl methyl sites for hydroxylation is 1. The number of sulfonamides is 1. The Bertz CT molecular complexity index is 1290. The summed E-state index contributed by atoms with van der Waals surface area (Å²) in [5, 5.41) is 0.447. The fraction of sp³-hybridized carbons (Fsp3) is 0.333. The summed E-state index contributed by atoms with van der Waals surface area (Å²) in [4.78, 5) is 25.5. The summed E-state index contributed by atoms with van der Waals surface area (Å²) in [7, 11) is -4.31. The van der Waals surface area contributed by atoms with Crippen LogP contribution in [-0.2, 0) is 14.8 Å². The minimum atomic E-state index is -4.31. The van der Waals surface area contributed by atoms with Crippen molar-refractivity contribution in [2.45, 2.75) is 50.8 Å². The van der Waals surface area contributed by atoms with Crippen molar-refractivity contribution >= 4 is 38.4 Å². The molecule has 0 atom stereocenters. The van der Waals surface area contributed by atoms with E-state index in [1.807, 2.05) is 0 Å². The first-order valence-electron chi connectivity index (χ1n) is 10.6. The highest BCUT2D eigenvalue weighted by molar-refractivity contribution is 7.93. The average Bonchev–Trinajstić information content (AvgIpc) is 3.10. The number of rotatable bonds is 5. The van der Waals surface area contributed by atoms with Gasteiger partial charge in [-0.3, -0.25) is 9.59 Å². The number of ketones is 1. The summed E-state index contributed by atoms with van der Waals surface area (Å²) >= 11 is 0. The number of Topliss-reactive ketones (excluding diaryl/α,β-unsaturated/α-hetero) is 1. The van der Waals surface area contributed by atoms with Gasteiger partial charge in [0.15, 0.2) is 5.78 Å². The van der Waals surface area contributed by atoms with E-state index >= 15 is 0 Å². The van der Waals surface area contributed by atoms with Crippen LogP contribution < -0.4 is 4.31 Å². The molecule has 1 heterocycles. The second-order valence-electron chi connectivity index (χ2n) is 8.17. The van der Waals surface area contributed by atoms with Gasteiger partial charge in [-0.05, 0) is 69.2 Å². The molecule has 0 aliphatic heterocycles. The maximum absolute atomic E-state index is 13.6. The van der Waals surface area contributed by atoms with E-state index in [9.17, 15) is 22.4 Å². The van der Waals surface area contributed by atoms with Gasteiger partial charge < -0.3 is 4.42 Å². The van der Waals surface area contributed by atoms with E-state index < -0.39 is 27.7 Å². The van der Waals surface area contributed by atoms with Crippen molar-refractivity contribution in [3.05, 3.63) is 59.6 Å². The van der Waals surface area contributed by atoms with E-state index in [1.54, 1.807) is 13.0 Å². The van der Waals surface area contributed by atoms with Gasteiger partial charge in [-0.2, -0.15) is 0 Å². The maximum Gasteiger partial charge on any atom is 0.270 e. The van der Waals surface area contributed by atoms with Crippen molar-refractivity contribution in [3.8, 4) is 0 Å². The second kappa shape index (κ2) is 8.50.